The molecule has 4 heteroatoms. The largest absolute Gasteiger partial charge is 0.456 e. The van der Waals surface area contributed by atoms with Gasteiger partial charge >= 0.3 is 0 Å². The molecule has 0 fully saturated rings. The molecule has 0 unspecified atom stereocenters. The summed E-state index contributed by atoms with van der Waals surface area (Å²) in [6, 6.07) is 87.5. The van der Waals surface area contributed by atoms with Crippen LogP contribution in [0.4, 0.5) is 17.1 Å². The topological polar surface area (TPSA) is 42.2 Å². The number of hydrogen-bond donors (Lipinski definition) is 0. The molecule has 0 bridgehead atoms. The lowest BCUT2D eigenvalue weighted by Gasteiger charge is -2.27. The molecule has 0 aliphatic heterocycles. The standard InChI is InChI=1S/C62H41N3O/c1-5-19-42(20-6-1)46-37-47(43-21-7-2-8-22-43)39-51(38-46)65(49-25-11-4-12-26-49)50-35-33-44(34-36-50)48-40-55(60-54-29-15-18-32-58(54)66-59(60)41-48)62-61(63-56-30-16-17-31-57(56)64-62)53-28-14-13-27-52(53)45-23-9-3-10-24-45/h1-41H. The van der Waals surface area contributed by atoms with Crippen molar-refractivity contribution in [2.45, 2.75) is 0 Å². The number of nitrogens with zero attached hydrogens (tertiary/aromatic N) is 3. The van der Waals surface area contributed by atoms with Crippen molar-refractivity contribution in [2.75, 3.05) is 4.90 Å². The van der Waals surface area contributed by atoms with Crippen LogP contribution in [0.1, 0.15) is 0 Å². The van der Waals surface area contributed by atoms with E-state index >= 15 is 0 Å². The summed E-state index contributed by atoms with van der Waals surface area (Å²) < 4.78 is 6.72. The monoisotopic (exact) mass is 843 g/mol. The van der Waals surface area contributed by atoms with E-state index in [-0.39, 0.29) is 0 Å². The number of benzene rings is 10. The van der Waals surface area contributed by atoms with E-state index in [0.29, 0.717) is 0 Å². The SMILES string of the molecule is c1ccc(-c2cc(-c3ccccc3)cc(N(c3ccccc3)c3ccc(-c4cc(-c5nc6ccccc6nc5-c5ccccc5-c5ccccc5)c5c(c4)oc4ccccc45)cc3)c2)cc1. The van der Waals surface area contributed by atoms with Crippen molar-refractivity contribution in [3.63, 3.8) is 0 Å². The smallest absolute Gasteiger partial charge is 0.136 e. The van der Waals surface area contributed by atoms with Crippen LogP contribution in [-0.4, -0.2) is 9.97 Å². The van der Waals surface area contributed by atoms with E-state index in [2.05, 4.69) is 217 Å². The molecule has 0 radical (unpaired) electrons. The maximum absolute atomic E-state index is 6.72. The van der Waals surface area contributed by atoms with Gasteiger partial charge in [-0.3, -0.25) is 0 Å². The second kappa shape index (κ2) is 16.7. The number of hydrogen-bond acceptors (Lipinski definition) is 4. The van der Waals surface area contributed by atoms with E-state index in [0.717, 1.165) is 106 Å². The Hall–Kier alpha value is -8.86. The van der Waals surface area contributed by atoms with Crippen molar-refractivity contribution >= 4 is 50.0 Å². The molecule has 0 saturated heterocycles. The van der Waals surface area contributed by atoms with Gasteiger partial charge in [0.05, 0.1) is 22.4 Å². The Labute approximate surface area is 383 Å². The zero-order valence-corrected chi connectivity index (χ0v) is 35.9. The van der Waals surface area contributed by atoms with Gasteiger partial charge in [0.1, 0.15) is 11.2 Å². The van der Waals surface area contributed by atoms with E-state index in [4.69, 9.17) is 14.4 Å². The van der Waals surface area contributed by atoms with Gasteiger partial charge < -0.3 is 9.32 Å². The zero-order chi connectivity index (χ0) is 43.8. The van der Waals surface area contributed by atoms with Gasteiger partial charge in [0.2, 0.25) is 0 Å². The highest BCUT2D eigenvalue weighted by Gasteiger charge is 2.23. The van der Waals surface area contributed by atoms with Crippen molar-refractivity contribution in [3.05, 3.63) is 249 Å². The molecule has 0 atom stereocenters. The Morgan fingerprint density at radius 3 is 1.39 bits per heavy atom. The summed E-state index contributed by atoms with van der Waals surface area (Å²) in [5.74, 6) is 0. The van der Waals surface area contributed by atoms with Gasteiger partial charge in [-0.15, -0.1) is 0 Å². The fourth-order valence-electron chi connectivity index (χ4n) is 9.30. The van der Waals surface area contributed by atoms with Crippen molar-refractivity contribution in [3.8, 4) is 67.0 Å². The Balaban J connectivity index is 1.04. The summed E-state index contributed by atoms with van der Waals surface area (Å²) in [7, 11) is 0. The van der Waals surface area contributed by atoms with E-state index in [1.807, 2.05) is 36.4 Å². The molecule has 10 aromatic carbocycles. The van der Waals surface area contributed by atoms with E-state index < -0.39 is 0 Å². The summed E-state index contributed by atoms with van der Waals surface area (Å²) >= 11 is 0. The quantitative estimate of drug-likeness (QED) is 0.145. The second-order valence-corrected chi connectivity index (χ2v) is 16.5. The predicted molar refractivity (Wildman–Crippen MR) is 274 cm³/mol. The maximum Gasteiger partial charge on any atom is 0.136 e. The van der Waals surface area contributed by atoms with Crippen LogP contribution in [0.2, 0.25) is 0 Å². The third kappa shape index (κ3) is 7.17. The molecule has 2 heterocycles. The predicted octanol–water partition coefficient (Wildman–Crippen LogP) is 17.0. The Bertz CT molecular complexity index is 3620. The second-order valence-electron chi connectivity index (χ2n) is 16.5. The highest BCUT2D eigenvalue weighted by Crippen LogP contribution is 2.45. The number of fused-ring (bicyclic) bond motifs is 4. The Kier molecular flexibility index (Phi) is 9.81. The average Bonchev–Trinajstić information content (AvgIpc) is 3.78. The van der Waals surface area contributed by atoms with Gasteiger partial charge in [-0.1, -0.05) is 176 Å². The zero-order valence-electron chi connectivity index (χ0n) is 35.9. The number of rotatable bonds is 9. The third-order valence-corrected chi connectivity index (χ3v) is 12.4. The van der Waals surface area contributed by atoms with Crippen molar-refractivity contribution in [1.82, 2.24) is 9.97 Å². The van der Waals surface area contributed by atoms with Gasteiger partial charge in [-0.05, 0) is 117 Å². The summed E-state index contributed by atoms with van der Waals surface area (Å²) in [6.07, 6.45) is 0. The molecule has 0 saturated carbocycles. The fraction of sp³-hybridized carbons (Fsp3) is 0. The highest BCUT2D eigenvalue weighted by molar-refractivity contribution is 6.15. The molecular weight excluding hydrogens is 803 g/mol. The Morgan fingerprint density at radius 1 is 0.288 bits per heavy atom. The van der Waals surface area contributed by atoms with Crippen molar-refractivity contribution in [2.24, 2.45) is 0 Å². The molecule has 0 amide bonds. The number of furan rings is 1. The van der Waals surface area contributed by atoms with E-state index in [1.54, 1.807) is 0 Å². The van der Waals surface area contributed by atoms with Crippen LogP contribution in [0.5, 0.6) is 0 Å². The minimum atomic E-state index is 0.794. The normalized spacial score (nSPS) is 11.3. The lowest BCUT2D eigenvalue weighted by Crippen LogP contribution is -2.10. The molecule has 0 aliphatic carbocycles. The minimum absolute atomic E-state index is 0.794. The molecule has 4 nitrogen and oxygen atoms in total. The van der Waals surface area contributed by atoms with Gasteiger partial charge in [0.15, 0.2) is 0 Å². The number of anilines is 3. The van der Waals surface area contributed by atoms with E-state index in [1.165, 1.54) is 11.1 Å². The number of para-hydroxylation sites is 4. The first-order valence-corrected chi connectivity index (χ1v) is 22.3. The van der Waals surface area contributed by atoms with E-state index in [9.17, 15) is 0 Å². The average molecular weight is 844 g/mol. The molecule has 12 aromatic rings. The molecule has 66 heavy (non-hydrogen) atoms. The van der Waals surface area contributed by atoms with Crippen LogP contribution in [0.15, 0.2) is 253 Å². The summed E-state index contributed by atoms with van der Waals surface area (Å²) in [5, 5.41) is 2.05. The Morgan fingerprint density at radius 2 is 0.758 bits per heavy atom. The molecule has 0 spiro atoms. The molecule has 2 aromatic heterocycles. The van der Waals surface area contributed by atoms with Gasteiger partial charge in [0.25, 0.3) is 0 Å². The third-order valence-electron chi connectivity index (χ3n) is 12.4. The summed E-state index contributed by atoms with van der Waals surface area (Å²) in [4.78, 5) is 13.2. The fourth-order valence-corrected chi connectivity index (χ4v) is 9.30. The van der Waals surface area contributed by atoms with Crippen molar-refractivity contribution < 1.29 is 4.42 Å². The lowest BCUT2D eigenvalue weighted by molar-refractivity contribution is 0.669. The van der Waals surface area contributed by atoms with Crippen LogP contribution in [0, 0.1) is 0 Å². The number of aromatic nitrogens is 2. The van der Waals surface area contributed by atoms with Crippen molar-refractivity contribution in [1.29, 1.82) is 0 Å². The molecule has 310 valence electrons. The summed E-state index contributed by atoms with van der Waals surface area (Å²) in [6.45, 7) is 0. The van der Waals surface area contributed by atoms with Crippen LogP contribution in [0.3, 0.4) is 0 Å². The lowest BCUT2D eigenvalue weighted by atomic mass is 9.92. The van der Waals surface area contributed by atoms with Crippen LogP contribution < -0.4 is 4.90 Å². The minimum Gasteiger partial charge on any atom is -0.456 e. The first-order valence-electron chi connectivity index (χ1n) is 22.3. The van der Waals surface area contributed by atoms with Gasteiger partial charge in [-0.25, -0.2) is 9.97 Å². The first-order chi connectivity index (χ1) is 32.7. The van der Waals surface area contributed by atoms with Crippen LogP contribution in [0.25, 0.3) is 100.0 Å². The highest BCUT2D eigenvalue weighted by atomic mass is 16.3. The summed E-state index contributed by atoms with van der Waals surface area (Å²) in [5.41, 5.74) is 19.0. The molecule has 0 N–H and O–H groups in total. The molecule has 12 rings (SSSR count). The van der Waals surface area contributed by atoms with Crippen LogP contribution >= 0.6 is 0 Å². The molecule has 0 aliphatic rings. The maximum atomic E-state index is 6.72. The van der Waals surface area contributed by atoms with Gasteiger partial charge in [-0.2, -0.15) is 0 Å². The van der Waals surface area contributed by atoms with Gasteiger partial charge in [0, 0.05) is 39.0 Å². The first kappa shape index (κ1) is 38.8. The molecular formula is C62H41N3O. The van der Waals surface area contributed by atoms with Crippen LogP contribution in [-0.2, 0) is 0 Å².